The van der Waals surface area contributed by atoms with Gasteiger partial charge < -0.3 is 20.8 Å². The zero-order chi connectivity index (χ0) is 15.0. The molecule has 1 aromatic carbocycles. The van der Waals surface area contributed by atoms with E-state index in [1.807, 2.05) is 0 Å². The van der Waals surface area contributed by atoms with Gasteiger partial charge in [-0.1, -0.05) is 0 Å². The summed E-state index contributed by atoms with van der Waals surface area (Å²) < 4.78 is 32.2. The maximum atomic E-state index is 14.0. The predicted molar refractivity (Wildman–Crippen MR) is 73.2 cm³/mol. The number of nitrogens with one attached hydrogen (secondary N) is 2. The normalized spacial score (nSPS) is 10.8. The Morgan fingerprint density at radius 3 is 2.71 bits per heavy atom. The molecule has 0 bridgehead atoms. The number of anilines is 4. The summed E-state index contributed by atoms with van der Waals surface area (Å²) in [7, 11) is 1.63. The number of oxazole rings is 1. The summed E-state index contributed by atoms with van der Waals surface area (Å²) in [5, 5.41) is 5.33. The number of halogens is 2. The average molecular weight is 292 g/mol. The highest BCUT2D eigenvalue weighted by Crippen LogP contribution is 2.26. The Morgan fingerprint density at radius 2 is 2.00 bits per heavy atom. The molecule has 0 atom stereocenters. The number of rotatable bonds is 3. The fourth-order valence-corrected chi connectivity index (χ4v) is 1.71. The SMILES string of the molecule is CNc1nc2cc(Nc3ncc(F)c(N)n3)c(F)cc2o1. The van der Waals surface area contributed by atoms with Gasteiger partial charge >= 0.3 is 0 Å². The third-order valence-corrected chi connectivity index (χ3v) is 2.71. The van der Waals surface area contributed by atoms with Crippen molar-refractivity contribution in [3.05, 3.63) is 30.0 Å². The number of aromatic nitrogens is 3. The molecule has 3 aromatic rings. The van der Waals surface area contributed by atoms with Gasteiger partial charge in [-0.3, -0.25) is 0 Å². The van der Waals surface area contributed by atoms with Crippen LogP contribution in [0.2, 0.25) is 0 Å². The third-order valence-electron chi connectivity index (χ3n) is 2.71. The van der Waals surface area contributed by atoms with E-state index in [1.165, 1.54) is 12.1 Å². The van der Waals surface area contributed by atoms with Crippen molar-refractivity contribution in [2.75, 3.05) is 23.4 Å². The van der Waals surface area contributed by atoms with Gasteiger partial charge in [0.05, 0.1) is 11.9 Å². The van der Waals surface area contributed by atoms with E-state index in [0.717, 1.165) is 6.20 Å². The minimum absolute atomic E-state index is 0.0236. The van der Waals surface area contributed by atoms with E-state index in [4.69, 9.17) is 10.2 Å². The van der Waals surface area contributed by atoms with E-state index in [1.54, 1.807) is 7.05 Å². The van der Waals surface area contributed by atoms with Crippen LogP contribution in [0.15, 0.2) is 22.7 Å². The molecule has 7 nitrogen and oxygen atoms in total. The minimum Gasteiger partial charge on any atom is -0.423 e. The van der Waals surface area contributed by atoms with E-state index >= 15 is 0 Å². The summed E-state index contributed by atoms with van der Waals surface area (Å²) in [4.78, 5) is 11.4. The molecule has 0 saturated carbocycles. The van der Waals surface area contributed by atoms with Crippen LogP contribution in [0.3, 0.4) is 0 Å². The van der Waals surface area contributed by atoms with Crippen LogP contribution in [0.5, 0.6) is 0 Å². The number of fused-ring (bicyclic) bond motifs is 1. The van der Waals surface area contributed by atoms with Gasteiger partial charge in [0.25, 0.3) is 6.01 Å². The van der Waals surface area contributed by atoms with Crippen molar-refractivity contribution in [1.29, 1.82) is 0 Å². The number of nitrogens with zero attached hydrogens (tertiary/aromatic N) is 3. The van der Waals surface area contributed by atoms with E-state index in [0.29, 0.717) is 11.1 Å². The lowest BCUT2D eigenvalue weighted by atomic mass is 10.2. The largest absolute Gasteiger partial charge is 0.423 e. The Labute approximate surface area is 117 Å². The van der Waals surface area contributed by atoms with Crippen molar-refractivity contribution in [3.63, 3.8) is 0 Å². The highest BCUT2D eigenvalue weighted by molar-refractivity contribution is 5.80. The molecule has 0 fully saturated rings. The van der Waals surface area contributed by atoms with Crippen molar-refractivity contribution in [2.45, 2.75) is 0 Å². The van der Waals surface area contributed by atoms with E-state index < -0.39 is 11.6 Å². The van der Waals surface area contributed by atoms with Crippen molar-refractivity contribution in [2.24, 2.45) is 0 Å². The van der Waals surface area contributed by atoms with Gasteiger partial charge in [0.2, 0.25) is 5.95 Å². The van der Waals surface area contributed by atoms with Gasteiger partial charge in [-0.15, -0.1) is 0 Å². The number of hydrogen-bond acceptors (Lipinski definition) is 7. The molecule has 0 aliphatic carbocycles. The lowest BCUT2D eigenvalue weighted by molar-refractivity contribution is 0.604. The summed E-state index contributed by atoms with van der Waals surface area (Å²) in [6.07, 6.45) is 0.899. The molecular formula is C12H10F2N6O. The van der Waals surface area contributed by atoms with E-state index in [-0.39, 0.29) is 23.5 Å². The first-order valence-corrected chi connectivity index (χ1v) is 5.89. The van der Waals surface area contributed by atoms with Crippen LogP contribution < -0.4 is 16.4 Å². The maximum Gasteiger partial charge on any atom is 0.295 e. The summed E-state index contributed by atoms with van der Waals surface area (Å²) >= 11 is 0. The first kappa shape index (κ1) is 13.0. The van der Waals surface area contributed by atoms with Gasteiger partial charge in [0.15, 0.2) is 23.0 Å². The standard InChI is InChI=1S/C12H10F2N6O/c1-16-12-19-8-3-7(5(13)2-9(8)21-12)18-11-17-4-6(14)10(15)20-11/h2-4H,1H3,(H,16,19)(H3,15,17,18,20). The molecule has 0 saturated heterocycles. The second-order valence-corrected chi connectivity index (χ2v) is 4.12. The van der Waals surface area contributed by atoms with Gasteiger partial charge in [0.1, 0.15) is 5.52 Å². The highest BCUT2D eigenvalue weighted by Gasteiger charge is 2.12. The third kappa shape index (κ3) is 2.40. The Morgan fingerprint density at radius 1 is 1.19 bits per heavy atom. The molecule has 0 aliphatic rings. The summed E-state index contributed by atoms with van der Waals surface area (Å²) in [5.74, 6) is -1.68. The quantitative estimate of drug-likeness (QED) is 0.680. The Hall–Kier alpha value is -2.97. The Bertz CT molecular complexity index is 819. The van der Waals surface area contributed by atoms with Crippen LogP contribution in [0.1, 0.15) is 0 Å². The topological polar surface area (TPSA) is 102 Å². The van der Waals surface area contributed by atoms with Crippen molar-refractivity contribution >= 4 is 34.6 Å². The van der Waals surface area contributed by atoms with Gasteiger partial charge in [-0.2, -0.15) is 9.97 Å². The van der Waals surface area contributed by atoms with Crippen LogP contribution in [0.4, 0.5) is 32.2 Å². The minimum atomic E-state index is -0.744. The van der Waals surface area contributed by atoms with E-state index in [2.05, 4.69) is 25.6 Å². The molecule has 0 radical (unpaired) electrons. The predicted octanol–water partition coefficient (Wildman–Crippen LogP) is 2.26. The molecule has 0 spiro atoms. The molecule has 4 N–H and O–H groups in total. The Balaban J connectivity index is 1.99. The zero-order valence-corrected chi connectivity index (χ0v) is 10.8. The summed E-state index contributed by atoms with van der Waals surface area (Å²) in [6.45, 7) is 0. The van der Waals surface area contributed by atoms with E-state index in [9.17, 15) is 8.78 Å². The molecule has 0 amide bonds. The molecule has 108 valence electrons. The molecule has 2 aromatic heterocycles. The molecule has 0 unspecified atom stereocenters. The second kappa shape index (κ2) is 4.85. The lowest BCUT2D eigenvalue weighted by Crippen LogP contribution is -2.03. The maximum absolute atomic E-state index is 14.0. The van der Waals surface area contributed by atoms with Gasteiger partial charge in [0, 0.05) is 13.1 Å². The fraction of sp³-hybridized carbons (Fsp3) is 0.0833. The van der Waals surface area contributed by atoms with Crippen LogP contribution in [-0.2, 0) is 0 Å². The number of benzene rings is 1. The van der Waals surface area contributed by atoms with Crippen LogP contribution in [0.25, 0.3) is 11.1 Å². The Kier molecular flexibility index (Phi) is 3.01. The van der Waals surface area contributed by atoms with Gasteiger partial charge in [-0.05, 0) is 6.07 Å². The monoisotopic (exact) mass is 292 g/mol. The number of hydrogen-bond donors (Lipinski definition) is 3. The molecular weight excluding hydrogens is 282 g/mol. The van der Waals surface area contributed by atoms with Gasteiger partial charge in [-0.25, -0.2) is 13.8 Å². The first-order valence-electron chi connectivity index (χ1n) is 5.89. The average Bonchev–Trinajstić information content (AvgIpc) is 2.85. The molecule has 9 heteroatoms. The lowest BCUT2D eigenvalue weighted by Gasteiger charge is -2.06. The highest BCUT2D eigenvalue weighted by atomic mass is 19.1. The smallest absolute Gasteiger partial charge is 0.295 e. The number of nitrogen functional groups attached to an aromatic ring is 1. The molecule has 2 heterocycles. The molecule has 0 aliphatic heterocycles. The van der Waals surface area contributed by atoms with Crippen LogP contribution in [-0.4, -0.2) is 22.0 Å². The fourth-order valence-electron chi connectivity index (χ4n) is 1.71. The summed E-state index contributed by atoms with van der Waals surface area (Å²) in [5.41, 5.74) is 6.14. The summed E-state index contributed by atoms with van der Waals surface area (Å²) in [6, 6.07) is 2.87. The van der Waals surface area contributed by atoms with Crippen LogP contribution in [0, 0.1) is 11.6 Å². The van der Waals surface area contributed by atoms with Crippen LogP contribution >= 0.6 is 0 Å². The first-order chi connectivity index (χ1) is 10.1. The van der Waals surface area contributed by atoms with Crippen molar-refractivity contribution < 1.29 is 13.2 Å². The number of nitrogens with two attached hydrogens (primary N) is 1. The zero-order valence-electron chi connectivity index (χ0n) is 10.8. The molecule has 21 heavy (non-hydrogen) atoms. The second-order valence-electron chi connectivity index (χ2n) is 4.12. The van der Waals surface area contributed by atoms with Crippen molar-refractivity contribution in [3.8, 4) is 0 Å². The molecule has 3 rings (SSSR count). The van der Waals surface area contributed by atoms with Crippen molar-refractivity contribution in [1.82, 2.24) is 15.0 Å².